The highest BCUT2D eigenvalue weighted by Gasteiger charge is 2.32. The second-order valence-electron chi connectivity index (χ2n) is 12.1. The van der Waals surface area contributed by atoms with Crippen LogP contribution in [0.3, 0.4) is 0 Å². The molecule has 3 N–H and O–H groups in total. The fraction of sp³-hybridized carbons (Fsp3) is 0.289. The number of carboxylic acids is 1. The zero-order valence-corrected chi connectivity index (χ0v) is 28.2. The van der Waals surface area contributed by atoms with Gasteiger partial charge in [0.25, 0.3) is 0 Å². The summed E-state index contributed by atoms with van der Waals surface area (Å²) < 4.78 is 14.8. The fourth-order valence-corrected chi connectivity index (χ4v) is 6.64. The van der Waals surface area contributed by atoms with E-state index in [9.17, 15) is 14.7 Å². The van der Waals surface area contributed by atoms with E-state index in [0.717, 1.165) is 39.1 Å². The van der Waals surface area contributed by atoms with Gasteiger partial charge in [0.15, 0.2) is 6.29 Å². The quantitative estimate of drug-likeness (QED) is 0.0829. The number of aromatic nitrogens is 4. The van der Waals surface area contributed by atoms with Crippen molar-refractivity contribution in [3.8, 4) is 16.8 Å². The van der Waals surface area contributed by atoms with Gasteiger partial charge in [-0.2, -0.15) is 4.68 Å². The van der Waals surface area contributed by atoms with Crippen molar-refractivity contribution in [1.82, 2.24) is 25.5 Å². The van der Waals surface area contributed by atoms with E-state index in [1.165, 1.54) is 11.8 Å². The summed E-state index contributed by atoms with van der Waals surface area (Å²) in [6, 6.07) is 33.7. The molecule has 1 aromatic heterocycles. The number of nitrogens with one attached hydrogen (secondary N) is 1. The van der Waals surface area contributed by atoms with Gasteiger partial charge in [0.2, 0.25) is 11.1 Å². The maximum Gasteiger partial charge on any atom is 0.303 e. The average molecular weight is 694 g/mol. The monoisotopic (exact) mass is 693 g/mol. The van der Waals surface area contributed by atoms with Gasteiger partial charge in [0.05, 0.1) is 24.5 Å². The van der Waals surface area contributed by atoms with E-state index in [0.29, 0.717) is 43.1 Å². The number of thioether (sulfide) groups is 1. The van der Waals surface area contributed by atoms with Crippen LogP contribution in [-0.4, -0.2) is 54.2 Å². The van der Waals surface area contributed by atoms with Crippen LogP contribution in [-0.2, 0) is 32.2 Å². The minimum Gasteiger partial charge on any atom is -0.481 e. The Morgan fingerprint density at radius 1 is 0.840 bits per heavy atom. The number of hydrogen-bond donors (Lipinski definition) is 3. The van der Waals surface area contributed by atoms with E-state index >= 15 is 0 Å². The van der Waals surface area contributed by atoms with Crippen molar-refractivity contribution in [3.63, 3.8) is 0 Å². The molecule has 12 heteroatoms. The Balaban J connectivity index is 1.13. The number of aliphatic hydroxyl groups excluding tert-OH is 1. The predicted octanol–water partition coefficient (Wildman–Crippen LogP) is 6.42. The summed E-state index contributed by atoms with van der Waals surface area (Å²) in [6.07, 6.45) is 1.06. The lowest BCUT2D eigenvalue weighted by atomic mass is 9.99. The Bertz CT molecular complexity index is 1850. The number of hydrogen-bond acceptors (Lipinski definition) is 9. The van der Waals surface area contributed by atoms with Gasteiger partial charge in [-0.25, -0.2) is 0 Å². The van der Waals surface area contributed by atoms with Gasteiger partial charge >= 0.3 is 5.97 Å². The number of nitrogens with zero attached hydrogens (tertiary/aromatic N) is 4. The minimum absolute atomic E-state index is 0.0208. The number of amides is 1. The summed E-state index contributed by atoms with van der Waals surface area (Å²) in [7, 11) is 0. The molecule has 0 radical (unpaired) electrons. The molecule has 4 aromatic carbocycles. The van der Waals surface area contributed by atoms with Gasteiger partial charge in [-0.05, 0) is 69.3 Å². The van der Waals surface area contributed by atoms with E-state index in [1.807, 2.05) is 97.1 Å². The molecule has 11 nitrogen and oxygen atoms in total. The second-order valence-corrected chi connectivity index (χ2v) is 13.1. The zero-order valence-electron chi connectivity index (χ0n) is 27.4. The number of unbranched alkanes of at least 4 members (excludes halogenated alkanes) is 1. The highest BCUT2D eigenvalue weighted by molar-refractivity contribution is 7.99. The number of tetrazole rings is 1. The molecule has 258 valence electrons. The third-order valence-electron chi connectivity index (χ3n) is 8.43. The topological polar surface area (TPSA) is 149 Å². The number of aliphatic hydroxyl groups is 1. The molecular formula is C38H39N5O6S. The molecule has 1 saturated heterocycles. The van der Waals surface area contributed by atoms with Gasteiger partial charge in [-0.3, -0.25) is 9.59 Å². The number of ether oxygens (including phenoxy) is 2. The van der Waals surface area contributed by atoms with E-state index < -0.39 is 12.3 Å². The van der Waals surface area contributed by atoms with E-state index in [1.54, 1.807) is 4.68 Å². The predicted molar refractivity (Wildman–Crippen MR) is 188 cm³/mol. The average Bonchev–Trinajstić information content (AvgIpc) is 3.64. The molecule has 1 fully saturated rings. The third-order valence-corrected chi connectivity index (χ3v) is 9.48. The van der Waals surface area contributed by atoms with Crippen LogP contribution in [0.1, 0.15) is 66.8 Å². The number of para-hydroxylation sites is 1. The Labute approximate surface area is 294 Å². The molecule has 0 saturated carbocycles. The van der Waals surface area contributed by atoms with Crippen molar-refractivity contribution < 1.29 is 29.3 Å². The molecule has 6 rings (SSSR count). The number of rotatable bonds is 15. The smallest absolute Gasteiger partial charge is 0.303 e. The summed E-state index contributed by atoms with van der Waals surface area (Å²) in [4.78, 5) is 22.9. The lowest BCUT2D eigenvalue weighted by Gasteiger charge is -2.36. The van der Waals surface area contributed by atoms with Gasteiger partial charge in [0, 0.05) is 37.1 Å². The van der Waals surface area contributed by atoms with Crippen LogP contribution in [0.2, 0.25) is 0 Å². The first-order valence-corrected chi connectivity index (χ1v) is 17.6. The Morgan fingerprint density at radius 2 is 1.60 bits per heavy atom. The standard InChI is InChI=1S/C38H39N5O6S/c44-24-26-13-15-29(16-14-26)34-22-33(25-50-38-40-41-42-43(38)32-9-2-1-3-10-32)48-37(49-34)30-19-17-28(18-20-30)31-8-6-7-27(21-31)23-39-35(45)11-4-5-12-36(46)47/h1-3,6-10,13-21,33-34,37,44H,4-5,11-12,22-25H2,(H,39,45)(H,46,47)/t33-,34+,37+/m0/s1. The summed E-state index contributed by atoms with van der Waals surface area (Å²) in [5, 5.41) is 34.3. The Kier molecular flexibility index (Phi) is 12.0. The lowest BCUT2D eigenvalue weighted by molar-refractivity contribution is -0.245. The van der Waals surface area contributed by atoms with Crippen molar-refractivity contribution in [1.29, 1.82) is 0 Å². The molecule has 5 aromatic rings. The molecule has 50 heavy (non-hydrogen) atoms. The van der Waals surface area contributed by atoms with Gasteiger partial charge in [-0.1, -0.05) is 96.7 Å². The van der Waals surface area contributed by atoms with E-state index in [2.05, 4.69) is 26.9 Å². The molecule has 0 unspecified atom stereocenters. The van der Waals surface area contributed by atoms with Crippen LogP contribution in [0.5, 0.6) is 0 Å². The highest BCUT2D eigenvalue weighted by atomic mass is 32.2. The van der Waals surface area contributed by atoms with E-state index in [-0.39, 0.29) is 31.1 Å². The largest absolute Gasteiger partial charge is 0.481 e. The highest BCUT2D eigenvalue weighted by Crippen LogP contribution is 2.40. The maximum atomic E-state index is 12.2. The molecule has 0 bridgehead atoms. The lowest BCUT2D eigenvalue weighted by Crippen LogP contribution is -2.31. The van der Waals surface area contributed by atoms with Crippen LogP contribution in [0.4, 0.5) is 0 Å². The first kappa shape index (κ1) is 35.0. The number of carbonyl (C=O) groups excluding carboxylic acids is 1. The Morgan fingerprint density at radius 3 is 2.36 bits per heavy atom. The second kappa shape index (κ2) is 17.2. The summed E-state index contributed by atoms with van der Waals surface area (Å²) in [5.74, 6) is -0.323. The molecule has 0 aliphatic carbocycles. The third kappa shape index (κ3) is 9.42. The minimum atomic E-state index is -0.845. The van der Waals surface area contributed by atoms with Crippen LogP contribution in [0.25, 0.3) is 16.8 Å². The molecular weight excluding hydrogens is 655 g/mol. The number of benzene rings is 4. The van der Waals surface area contributed by atoms with Crippen LogP contribution >= 0.6 is 11.8 Å². The fourth-order valence-electron chi connectivity index (χ4n) is 5.73. The van der Waals surface area contributed by atoms with Crippen LogP contribution in [0, 0.1) is 0 Å². The first-order chi connectivity index (χ1) is 24.4. The summed E-state index contributed by atoms with van der Waals surface area (Å²) in [6.45, 7) is 0.373. The van der Waals surface area contributed by atoms with Gasteiger partial charge in [0.1, 0.15) is 0 Å². The normalized spacial score (nSPS) is 17.3. The molecule has 0 spiro atoms. The van der Waals surface area contributed by atoms with E-state index in [4.69, 9.17) is 14.6 Å². The molecule has 1 aliphatic heterocycles. The zero-order chi connectivity index (χ0) is 34.7. The molecule has 1 amide bonds. The Hall–Kier alpha value is -4.88. The molecule has 3 atom stereocenters. The van der Waals surface area contributed by atoms with Crippen LogP contribution < -0.4 is 5.32 Å². The SMILES string of the molecule is O=C(O)CCCCC(=O)NCc1cccc(-c2ccc([C@@H]3O[C@H](CSc4nnnn4-c4ccccc4)C[C@H](c4ccc(CO)cc4)O3)cc2)c1. The molecule has 1 aliphatic rings. The number of carbonyl (C=O) groups is 2. The van der Waals surface area contributed by atoms with Crippen molar-refractivity contribution in [3.05, 3.63) is 125 Å². The van der Waals surface area contributed by atoms with Crippen molar-refractivity contribution in [2.45, 2.75) is 68.9 Å². The molecule has 2 heterocycles. The maximum absolute atomic E-state index is 12.2. The first-order valence-electron chi connectivity index (χ1n) is 16.6. The van der Waals surface area contributed by atoms with Crippen molar-refractivity contribution in [2.75, 3.05) is 5.75 Å². The van der Waals surface area contributed by atoms with Gasteiger partial charge < -0.3 is 25.0 Å². The number of aliphatic carboxylic acids is 1. The van der Waals surface area contributed by atoms with Crippen molar-refractivity contribution >= 4 is 23.6 Å². The van der Waals surface area contributed by atoms with Crippen LogP contribution in [0.15, 0.2) is 108 Å². The van der Waals surface area contributed by atoms with Crippen molar-refractivity contribution in [2.24, 2.45) is 0 Å². The number of carboxylic acid groups (broad SMARTS) is 1. The van der Waals surface area contributed by atoms with Gasteiger partial charge in [-0.15, -0.1) is 5.10 Å². The summed E-state index contributed by atoms with van der Waals surface area (Å²) in [5.41, 5.74) is 6.63. The summed E-state index contributed by atoms with van der Waals surface area (Å²) >= 11 is 1.53.